The summed E-state index contributed by atoms with van der Waals surface area (Å²) in [6.07, 6.45) is 4.51. The number of nitrogens with one attached hydrogen (secondary N) is 1. The van der Waals surface area contributed by atoms with Crippen LogP contribution in [0.1, 0.15) is 41.6 Å². The lowest BCUT2D eigenvalue weighted by atomic mass is 9.94. The fourth-order valence-electron chi connectivity index (χ4n) is 4.90. The maximum Gasteiger partial charge on any atom is 0.253 e. The second kappa shape index (κ2) is 9.84. The van der Waals surface area contributed by atoms with Crippen LogP contribution in [0.15, 0.2) is 48.5 Å². The Bertz CT molecular complexity index is 934. The number of rotatable bonds is 5. The Morgan fingerprint density at radius 2 is 1.71 bits per heavy atom. The molecule has 5 nitrogen and oxygen atoms in total. The van der Waals surface area contributed by atoms with E-state index in [0.717, 1.165) is 29.7 Å². The van der Waals surface area contributed by atoms with Crippen molar-refractivity contribution < 1.29 is 9.59 Å². The average Bonchev–Trinajstić information content (AvgIpc) is 3.28. The Labute approximate surface area is 189 Å². The molecule has 6 heteroatoms. The van der Waals surface area contributed by atoms with Crippen LogP contribution < -0.4 is 5.32 Å². The molecule has 2 amide bonds. The van der Waals surface area contributed by atoms with E-state index in [-0.39, 0.29) is 17.9 Å². The summed E-state index contributed by atoms with van der Waals surface area (Å²) in [6.45, 7) is 4.70. The summed E-state index contributed by atoms with van der Waals surface area (Å²) in [4.78, 5) is 30.4. The number of nitrogens with zero attached hydrogens (tertiary/aromatic N) is 2. The van der Waals surface area contributed by atoms with Gasteiger partial charge in [0.25, 0.3) is 5.91 Å². The molecule has 2 fully saturated rings. The third kappa shape index (κ3) is 5.28. The van der Waals surface area contributed by atoms with Gasteiger partial charge in [-0.3, -0.25) is 14.5 Å². The normalized spacial score (nSPS) is 18.7. The van der Waals surface area contributed by atoms with Crippen LogP contribution in [0.5, 0.6) is 0 Å². The van der Waals surface area contributed by atoms with E-state index in [4.69, 9.17) is 11.6 Å². The van der Waals surface area contributed by atoms with Crippen molar-refractivity contribution in [3.05, 3.63) is 64.7 Å². The molecule has 1 atom stereocenters. The molecule has 0 spiro atoms. The number of anilines is 1. The van der Waals surface area contributed by atoms with Crippen LogP contribution in [-0.4, -0.2) is 53.8 Å². The highest BCUT2D eigenvalue weighted by Gasteiger charge is 2.37. The zero-order chi connectivity index (χ0) is 21.8. The van der Waals surface area contributed by atoms with Crippen LogP contribution in [0.2, 0.25) is 5.02 Å². The Balaban J connectivity index is 1.43. The lowest BCUT2D eigenvalue weighted by Gasteiger charge is -2.40. The highest BCUT2D eigenvalue weighted by Crippen LogP contribution is 2.32. The molecule has 1 unspecified atom stereocenters. The number of piperazine rings is 1. The molecule has 2 aromatic rings. The first kappa shape index (κ1) is 21.8. The van der Waals surface area contributed by atoms with Crippen molar-refractivity contribution >= 4 is 29.1 Å². The lowest BCUT2D eigenvalue weighted by Crippen LogP contribution is -2.56. The Kier molecular flexibility index (Phi) is 6.93. The quantitative estimate of drug-likeness (QED) is 0.740. The number of amides is 2. The molecule has 164 valence electrons. The van der Waals surface area contributed by atoms with Gasteiger partial charge in [0.15, 0.2) is 0 Å². The van der Waals surface area contributed by atoms with Crippen LogP contribution >= 0.6 is 11.6 Å². The minimum atomic E-state index is -0.169. The highest BCUT2D eigenvalue weighted by molar-refractivity contribution is 6.30. The van der Waals surface area contributed by atoms with Crippen LogP contribution in [0.25, 0.3) is 0 Å². The largest absolute Gasteiger partial charge is 0.336 e. The van der Waals surface area contributed by atoms with Crippen LogP contribution in [-0.2, 0) is 4.79 Å². The van der Waals surface area contributed by atoms with E-state index in [9.17, 15) is 9.59 Å². The van der Waals surface area contributed by atoms with Crippen molar-refractivity contribution in [2.75, 3.05) is 31.5 Å². The molecule has 2 aliphatic rings. The Hall–Kier alpha value is -2.37. The zero-order valence-electron chi connectivity index (χ0n) is 18.0. The van der Waals surface area contributed by atoms with Crippen molar-refractivity contribution in [2.24, 2.45) is 5.92 Å². The third-order valence-electron chi connectivity index (χ3n) is 6.47. The topological polar surface area (TPSA) is 52.7 Å². The van der Waals surface area contributed by atoms with Crippen molar-refractivity contribution in [2.45, 2.75) is 38.6 Å². The molecule has 0 bridgehead atoms. The Morgan fingerprint density at radius 1 is 1.00 bits per heavy atom. The number of hydrogen-bond donors (Lipinski definition) is 1. The lowest BCUT2D eigenvalue weighted by molar-refractivity contribution is -0.123. The summed E-state index contributed by atoms with van der Waals surface area (Å²) in [5.74, 6) is 0.468. The van der Waals surface area contributed by atoms with Gasteiger partial charge in [-0.25, -0.2) is 0 Å². The maximum atomic E-state index is 13.3. The molecule has 4 rings (SSSR count). The first-order chi connectivity index (χ1) is 15.0. The molecule has 1 heterocycles. The third-order valence-corrected chi connectivity index (χ3v) is 6.70. The predicted octanol–water partition coefficient (Wildman–Crippen LogP) is 4.60. The van der Waals surface area contributed by atoms with Gasteiger partial charge in [0.2, 0.25) is 5.91 Å². The zero-order valence-corrected chi connectivity index (χ0v) is 18.8. The number of halogens is 1. The van der Waals surface area contributed by atoms with Gasteiger partial charge in [-0.15, -0.1) is 0 Å². The molecule has 0 radical (unpaired) electrons. The van der Waals surface area contributed by atoms with Gasteiger partial charge in [0.1, 0.15) is 0 Å². The van der Waals surface area contributed by atoms with Gasteiger partial charge in [-0.05, 0) is 56.0 Å². The first-order valence-corrected chi connectivity index (χ1v) is 11.6. The summed E-state index contributed by atoms with van der Waals surface area (Å²) < 4.78 is 0. The summed E-state index contributed by atoms with van der Waals surface area (Å²) in [6, 6.07) is 14.9. The number of carbonyl (C=O) groups is 2. The summed E-state index contributed by atoms with van der Waals surface area (Å²) in [5.41, 5.74) is 2.55. The molecule has 1 saturated heterocycles. The van der Waals surface area contributed by atoms with Gasteiger partial charge < -0.3 is 10.2 Å². The van der Waals surface area contributed by atoms with Crippen LogP contribution in [0, 0.1) is 12.8 Å². The van der Waals surface area contributed by atoms with Gasteiger partial charge in [-0.1, -0.05) is 48.2 Å². The molecule has 1 aliphatic carbocycles. The molecule has 2 aromatic carbocycles. The monoisotopic (exact) mass is 439 g/mol. The fraction of sp³-hybridized carbons (Fsp3) is 0.440. The van der Waals surface area contributed by atoms with E-state index in [0.29, 0.717) is 37.1 Å². The van der Waals surface area contributed by atoms with E-state index >= 15 is 0 Å². The number of benzene rings is 2. The SMILES string of the molecule is Cc1cccc(C(=O)N2CCN(C(C(=O)Nc3cccc(Cl)c3)C3CCCC3)CC2)c1. The minimum absolute atomic E-state index is 0.0348. The van der Waals surface area contributed by atoms with E-state index < -0.39 is 0 Å². The molecule has 1 N–H and O–H groups in total. The summed E-state index contributed by atoms with van der Waals surface area (Å²) >= 11 is 6.09. The van der Waals surface area contributed by atoms with E-state index in [1.807, 2.05) is 48.2 Å². The van der Waals surface area contributed by atoms with E-state index in [1.165, 1.54) is 12.8 Å². The minimum Gasteiger partial charge on any atom is -0.336 e. The Morgan fingerprint density at radius 3 is 2.39 bits per heavy atom. The number of aryl methyl sites for hydroxylation is 1. The van der Waals surface area contributed by atoms with Crippen LogP contribution in [0.4, 0.5) is 5.69 Å². The molecular formula is C25H30ClN3O2. The van der Waals surface area contributed by atoms with Crippen LogP contribution in [0.3, 0.4) is 0 Å². The molecule has 1 aliphatic heterocycles. The average molecular weight is 440 g/mol. The summed E-state index contributed by atoms with van der Waals surface area (Å²) in [7, 11) is 0. The fourth-order valence-corrected chi connectivity index (χ4v) is 5.09. The molecule has 1 saturated carbocycles. The van der Waals surface area contributed by atoms with Gasteiger partial charge in [0.05, 0.1) is 6.04 Å². The summed E-state index contributed by atoms with van der Waals surface area (Å²) in [5, 5.41) is 3.69. The smallest absolute Gasteiger partial charge is 0.253 e. The van der Waals surface area contributed by atoms with Crippen molar-refractivity contribution in [3.63, 3.8) is 0 Å². The van der Waals surface area contributed by atoms with Crippen molar-refractivity contribution in [3.8, 4) is 0 Å². The van der Waals surface area contributed by atoms with E-state index in [1.54, 1.807) is 12.1 Å². The van der Waals surface area contributed by atoms with Crippen molar-refractivity contribution in [1.29, 1.82) is 0 Å². The first-order valence-electron chi connectivity index (χ1n) is 11.2. The molecular weight excluding hydrogens is 410 g/mol. The van der Waals surface area contributed by atoms with Gasteiger partial charge in [0, 0.05) is 42.5 Å². The predicted molar refractivity (Wildman–Crippen MR) is 124 cm³/mol. The second-order valence-corrected chi connectivity index (χ2v) is 9.12. The standard InChI is InChI=1S/C25H30ClN3O2/c1-18-6-4-9-20(16-18)25(31)29-14-12-28(13-15-29)23(19-7-2-3-8-19)24(30)27-22-11-5-10-21(26)17-22/h4-6,9-11,16-17,19,23H,2-3,7-8,12-15H2,1H3,(H,27,30). The highest BCUT2D eigenvalue weighted by atomic mass is 35.5. The number of hydrogen-bond acceptors (Lipinski definition) is 3. The molecule has 0 aromatic heterocycles. The van der Waals surface area contributed by atoms with Crippen molar-refractivity contribution in [1.82, 2.24) is 9.80 Å². The van der Waals surface area contributed by atoms with E-state index in [2.05, 4.69) is 10.2 Å². The van der Waals surface area contributed by atoms with Gasteiger partial charge >= 0.3 is 0 Å². The molecule has 31 heavy (non-hydrogen) atoms. The number of carbonyl (C=O) groups excluding carboxylic acids is 2. The van der Waals surface area contributed by atoms with Gasteiger partial charge in [-0.2, -0.15) is 0 Å². The maximum absolute atomic E-state index is 13.3. The second-order valence-electron chi connectivity index (χ2n) is 8.69.